The number of nitrogens with one attached hydrogen (secondary N) is 1. The molecule has 6 atom stereocenters. The standard InChI is InChI=1S/C21H19FN2O3S2/c1-21(2)14-10-7-11(15(14)28-17-16(21)29-20(27)23-17)13-12(10)18(25)24(19(13)26)9-5-3-8(22)4-6-9/h3-6,10-15H,7H2,1-2H3,(H,23,27). The molecule has 6 rings (SSSR count). The molecular weight excluding hydrogens is 411 g/mol. The monoisotopic (exact) mass is 430 g/mol. The molecule has 2 saturated carbocycles. The second-order valence-electron chi connectivity index (χ2n) is 9.11. The Morgan fingerprint density at radius 2 is 1.72 bits per heavy atom. The number of nitrogens with zero attached hydrogens (tertiary/aromatic N) is 1. The first kappa shape index (κ1) is 17.9. The van der Waals surface area contributed by atoms with Gasteiger partial charge in [0.05, 0.1) is 22.5 Å². The zero-order chi connectivity index (χ0) is 20.2. The summed E-state index contributed by atoms with van der Waals surface area (Å²) in [6, 6.07) is 5.57. The smallest absolute Gasteiger partial charge is 0.305 e. The minimum absolute atomic E-state index is 0.0438. The van der Waals surface area contributed by atoms with Crippen molar-refractivity contribution in [1.82, 2.24) is 4.98 Å². The van der Waals surface area contributed by atoms with Gasteiger partial charge in [-0.1, -0.05) is 25.2 Å². The van der Waals surface area contributed by atoms with E-state index in [1.807, 2.05) is 0 Å². The summed E-state index contributed by atoms with van der Waals surface area (Å²) in [7, 11) is 0. The molecule has 1 aromatic heterocycles. The zero-order valence-corrected chi connectivity index (χ0v) is 17.5. The number of benzene rings is 1. The van der Waals surface area contributed by atoms with Gasteiger partial charge in [0.15, 0.2) is 0 Å². The minimum Gasteiger partial charge on any atom is -0.307 e. The molecule has 2 aromatic rings. The predicted molar refractivity (Wildman–Crippen MR) is 109 cm³/mol. The maximum absolute atomic E-state index is 13.4. The van der Waals surface area contributed by atoms with Crippen LogP contribution in [-0.4, -0.2) is 22.0 Å². The average molecular weight is 431 g/mol. The minimum atomic E-state index is -0.391. The van der Waals surface area contributed by atoms with Crippen LogP contribution in [0, 0.1) is 35.4 Å². The summed E-state index contributed by atoms with van der Waals surface area (Å²) in [5, 5.41) is 1.15. The van der Waals surface area contributed by atoms with Gasteiger partial charge in [0.2, 0.25) is 11.8 Å². The highest BCUT2D eigenvalue weighted by atomic mass is 32.2. The summed E-state index contributed by atoms with van der Waals surface area (Å²) >= 11 is 2.96. The van der Waals surface area contributed by atoms with Gasteiger partial charge in [-0.15, -0.1) is 11.8 Å². The van der Waals surface area contributed by atoms with Crippen LogP contribution in [0.5, 0.6) is 0 Å². The van der Waals surface area contributed by atoms with Gasteiger partial charge in [-0.3, -0.25) is 19.3 Å². The fourth-order valence-electron chi connectivity index (χ4n) is 6.50. The van der Waals surface area contributed by atoms with Crippen molar-refractivity contribution in [1.29, 1.82) is 0 Å². The van der Waals surface area contributed by atoms with E-state index >= 15 is 0 Å². The van der Waals surface area contributed by atoms with Crippen LogP contribution in [0.1, 0.15) is 25.1 Å². The van der Waals surface area contributed by atoms with Crippen molar-refractivity contribution in [3.63, 3.8) is 0 Å². The van der Waals surface area contributed by atoms with Gasteiger partial charge in [0.25, 0.3) is 0 Å². The fourth-order valence-corrected chi connectivity index (χ4v) is 9.65. The van der Waals surface area contributed by atoms with Crippen LogP contribution in [0.2, 0.25) is 0 Å². The molecule has 1 aromatic carbocycles. The number of rotatable bonds is 1. The largest absolute Gasteiger partial charge is 0.307 e. The van der Waals surface area contributed by atoms with E-state index in [0.717, 1.165) is 16.3 Å². The molecule has 1 saturated heterocycles. The van der Waals surface area contributed by atoms with Crippen molar-refractivity contribution in [2.24, 2.45) is 29.6 Å². The van der Waals surface area contributed by atoms with E-state index < -0.39 is 5.82 Å². The second kappa shape index (κ2) is 5.60. The predicted octanol–water partition coefficient (Wildman–Crippen LogP) is 3.40. The summed E-state index contributed by atoms with van der Waals surface area (Å²) in [5.74, 6) is -0.806. The summed E-state index contributed by atoms with van der Waals surface area (Å²) in [4.78, 5) is 43.9. The number of imide groups is 1. The van der Waals surface area contributed by atoms with Crippen LogP contribution >= 0.6 is 23.1 Å². The number of hydrogen-bond acceptors (Lipinski definition) is 5. The Morgan fingerprint density at radius 1 is 1.07 bits per heavy atom. The Hall–Kier alpha value is -1.93. The Kier molecular flexibility index (Phi) is 3.46. The van der Waals surface area contributed by atoms with E-state index in [4.69, 9.17) is 0 Å². The summed E-state index contributed by atoms with van der Waals surface area (Å²) in [6.45, 7) is 4.34. The summed E-state index contributed by atoms with van der Waals surface area (Å²) in [6.07, 6.45) is 0.884. The molecule has 3 fully saturated rings. The fraction of sp³-hybridized carbons (Fsp3) is 0.476. The molecule has 2 aliphatic carbocycles. The van der Waals surface area contributed by atoms with E-state index in [9.17, 15) is 18.8 Å². The number of thiazole rings is 1. The van der Waals surface area contributed by atoms with Crippen molar-refractivity contribution < 1.29 is 14.0 Å². The van der Waals surface area contributed by atoms with Crippen molar-refractivity contribution >= 4 is 40.6 Å². The molecule has 2 bridgehead atoms. The molecule has 2 aliphatic heterocycles. The Balaban J connectivity index is 1.42. The molecular formula is C21H19FN2O3S2. The molecule has 6 unspecified atom stereocenters. The first-order valence-electron chi connectivity index (χ1n) is 9.82. The lowest BCUT2D eigenvalue weighted by atomic mass is 9.64. The van der Waals surface area contributed by atoms with Gasteiger partial charge < -0.3 is 4.98 Å². The van der Waals surface area contributed by atoms with Crippen molar-refractivity contribution in [2.75, 3.05) is 4.90 Å². The normalized spacial score (nSPS) is 36.3. The number of aromatic nitrogens is 1. The molecule has 4 aliphatic rings. The molecule has 0 spiro atoms. The lowest BCUT2D eigenvalue weighted by molar-refractivity contribution is -0.123. The van der Waals surface area contributed by atoms with E-state index in [1.54, 1.807) is 11.8 Å². The van der Waals surface area contributed by atoms with Gasteiger partial charge >= 0.3 is 4.87 Å². The highest BCUT2D eigenvalue weighted by Crippen LogP contribution is 2.69. The molecule has 3 heterocycles. The van der Waals surface area contributed by atoms with Gasteiger partial charge in [-0.25, -0.2) is 4.39 Å². The molecule has 150 valence electrons. The quantitative estimate of drug-likeness (QED) is 0.704. The van der Waals surface area contributed by atoms with Crippen LogP contribution in [0.25, 0.3) is 0 Å². The van der Waals surface area contributed by atoms with Crippen molar-refractivity contribution in [2.45, 2.75) is 36.0 Å². The molecule has 5 nitrogen and oxygen atoms in total. The summed E-state index contributed by atoms with van der Waals surface area (Å²) in [5.41, 5.74) is 0.236. The topological polar surface area (TPSA) is 70.2 Å². The first-order chi connectivity index (χ1) is 13.8. The van der Waals surface area contributed by atoms with Gasteiger partial charge in [0.1, 0.15) is 5.82 Å². The van der Waals surface area contributed by atoms with Gasteiger partial charge in [-0.05, 0) is 48.4 Å². The third kappa shape index (κ3) is 2.14. The zero-order valence-electron chi connectivity index (χ0n) is 15.8. The third-order valence-corrected chi connectivity index (χ3v) is 10.3. The highest BCUT2D eigenvalue weighted by molar-refractivity contribution is 8.00. The number of hydrogen-bond donors (Lipinski definition) is 1. The molecule has 1 N–H and O–H groups in total. The van der Waals surface area contributed by atoms with E-state index in [0.29, 0.717) is 5.69 Å². The lowest BCUT2D eigenvalue weighted by Crippen LogP contribution is -2.48. The number of anilines is 1. The van der Waals surface area contributed by atoms with Crippen LogP contribution in [0.4, 0.5) is 10.1 Å². The summed E-state index contributed by atoms with van der Waals surface area (Å²) < 4.78 is 13.3. The lowest BCUT2D eigenvalue weighted by Gasteiger charge is -2.47. The number of amides is 2. The number of halogens is 1. The SMILES string of the molecule is CC1(C)c2sc(=O)[nH]c2SC2C3CC(C4C(=O)N(c5ccc(F)cc5)C(=O)C34)C21. The molecule has 29 heavy (non-hydrogen) atoms. The Morgan fingerprint density at radius 3 is 2.41 bits per heavy atom. The van der Waals surface area contributed by atoms with Crippen molar-refractivity contribution in [3.05, 3.63) is 44.6 Å². The van der Waals surface area contributed by atoms with Crippen molar-refractivity contribution in [3.8, 4) is 0 Å². The van der Waals surface area contributed by atoms with E-state index in [1.165, 1.54) is 40.5 Å². The second-order valence-corrected chi connectivity index (χ2v) is 11.3. The molecule has 8 heteroatoms. The van der Waals surface area contributed by atoms with E-state index in [-0.39, 0.29) is 56.9 Å². The first-order valence-corrected chi connectivity index (χ1v) is 11.5. The third-order valence-electron chi connectivity index (χ3n) is 7.48. The van der Waals surface area contributed by atoms with Crippen LogP contribution in [0.15, 0.2) is 34.1 Å². The molecule has 2 amide bonds. The number of carbonyl (C=O) groups is 2. The number of H-pyrrole nitrogens is 1. The van der Waals surface area contributed by atoms with Crippen LogP contribution in [0.3, 0.4) is 0 Å². The maximum atomic E-state index is 13.4. The Bertz CT molecular complexity index is 1120. The highest BCUT2D eigenvalue weighted by Gasteiger charge is 2.70. The number of aromatic amines is 1. The van der Waals surface area contributed by atoms with E-state index in [2.05, 4.69) is 18.8 Å². The average Bonchev–Trinajstić information content (AvgIpc) is 3.38. The number of carbonyl (C=O) groups excluding carboxylic acids is 2. The Labute approximate surface area is 174 Å². The maximum Gasteiger partial charge on any atom is 0.305 e. The van der Waals surface area contributed by atoms with Gasteiger partial charge in [0, 0.05) is 15.5 Å². The van der Waals surface area contributed by atoms with Crippen LogP contribution in [-0.2, 0) is 15.0 Å². The number of thioether (sulfide) groups is 1. The number of fused-ring (bicyclic) bond motifs is 9. The van der Waals surface area contributed by atoms with Gasteiger partial charge in [-0.2, -0.15) is 0 Å². The van der Waals surface area contributed by atoms with Crippen LogP contribution < -0.4 is 9.77 Å². The molecule has 0 radical (unpaired) electrons.